The molecular formula is HNa2O3P. The van der Waals surface area contributed by atoms with Gasteiger partial charge in [-0.3, -0.25) is 4.57 Å². The zero-order valence-electron chi connectivity index (χ0n) is 3.71. The fourth-order valence-electron chi connectivity index (χ4n) is 0. The maximum atomic E-state index is 8.35. The molecule has 0 aromatic rings. The van der Waals surface area contributed by atoms with Crippen LogP contribution >= 0.6 is 8.69 Å². The molecule has 0 spiro atoms. The SMILES string of the molecule is O=P[O-].[Na+].[Na+].[OH-]. The van der Waals surface area contributed by atoms with Crippen molar-refractivity contribution in [3.63, 3.8) is 0 Å². The van der Waals surface area contributed by atoms with Gasteiger partial charge in [0.2, 0.25) is 0 Å². The standard InChI is InChI=1S/2Na.HO2P.H2O/c;;1-3-2;/h;;(H,1,2);1H2/q2*+1;;/p-2. The Morgan fingerprint density at radius 3 is 1.33 bits per heavy atom. The van der Waals surface area contributed by atoms with E-state index >= 15 is 0 Å². The average Bonchev–Trinajstić information content (AvgIpc) is 0.918. The Kier molecular flexibility index (Phi) is 114. The van der Waals surface area contributed by atoms with Gasteiger partial charge in [0.1, 0.15) is 0 Å². The minimum atomic E-state index is -1.08. The third kappa shape index (κ3) is 37.2. The molecule has 6 heavy (non-hydrogen) atoms. The molecule has 0 saturated heterocycles. The topological polar surface area (TPSA) is 70.1 Å². The number of rotatable bonds is 0. The van der Waals surface area contributed by atoms with Gasteiger partial charge >= 0.3 is 59.1 Å². The van der Waals surface area contributed by atoms with E-state index in [0.717, 1.165) is 0 Å². The third-order valence-electron chi connectivity index (χ3n) is 0. The summed E-state index contributed by atoms with van der Waals surface area (Å²) >= 11 is 0. The summed E-state index contributed by atoms with van der Waals surface area (Å²) in [4.78, 5) is 8.35. The Morgan fingerprint density at radius 1 is 1.33 bits per heavy atom. The molecule has 0 radical (unpaired) electrons. The van der Waals surface area contributed by atoms with E-state index < -0.39 is 8.69 Å². The van der Waals surface area contributed by atoms with E-state index in [1.54, 1.807) is 0 Å². The molecule has 0 unspecified atom stereocenters. The molecule has 6 heteroatoms. The second-order valence-corrected chi connectivity index (χ2v) is 0.224. The van der Waals surface area contributed by atoms with Crippen LogP contribution in [0.2, 0.25) is 0 Å². The number of hydrogen-bond donors (Lipinski definition) is 0. The molecule has 3 nitrogen and oxygen atoms in total. The summed E-state index contributed by atoms with van der Waals surface area (Å²) < 4.78 is 8.35. The van der Waals surface area contributed by atoms with Crippen molar-refractivity contribution in [2.24, 2.45) is 0 Å². The van der Waals surface area contributed by atoms with E-state index in [4.69, 9.17) is 9.46 Å². The van der Waals surface area contributed by atoms with Crippen molar-refractivity contribution in [3.05, 3.63) is 0 Å². The molecule has 0 heterocycles. The predicted octanol–water partition coefficient (Wildman–Crippen LogP) is -6.62. The first-order valence-corrected chi connectivity index (χ1v) is 1.10. The van der Waals surface area contributed by atoms with Gasteiger partial charge in [0.25, 0.3) is 0 Å². The summed E-state index contributed by atoms with van der Waals surface area (Å²) in [6, 6.07) is 0. The van der Waals surface area contributed by atoms with E-state index in [1.165, 1.54) is 0 Å². The molecule has 0 atom stereocenters. The molecule has 0 saturated carbocycles. The van der Waals surface area contributed by atoms with Crippen LogP contribution in [0, 0.1) is 0 Å². The van der Waals surface area contributed by atoms with Gasteiger partial charge in [-0.15, -0.1) is 0 Å². The van der Waals surface area contributed by atoms with Gasteiger partial charge in [-0.2, -0.15) is 0 Å². The smallest absolute Gasteiger partial charge is 0.870 e. The summed E-state index contributed by atoms with van der Waals surface area (Å²) in [6.45, 7) is 0. The van der Waals surface area contributed by atoms with Crippen molar-refractivity contribution in [3.8, 4) is 0 Å². The Morgan fingerprint density at radius 2 is 1.33 bits per heavy atom. The van der Waals surface area contributed by atoms with E-state index in [1.807, 2.05) is 0 Å². The van der Waals surface area contributed by atoms with Crippen molar-refractivity contribution in [1.82, 2.24) is 0 Å². The third-order valence-corrected chi connectivity index (χ3v) is 0. The molecule has 0 fully saturated rings. The molecular weight excluding hydrogens is 125 g/mol. The summed E-state index contributed by atoms with van der Waals surface area (Å²) in [5.74, 6) is 0. The van der Waals surface area contributed by atoms with Gasteiger partial charge in [-0.05, 0) is 0 Å². The van der Waals surface area contributed by atoms with Crippen LogP contribution in [0.15, 0.2) is 0 Å². The second kappa shape index (κ2) is 27.9. The van der Waals surface area contributed by atoms with Gasteiger partial charge in [0.15, 0.2) is 0 Å². The number of hydrogen-bond acceptors (Lipinski definition) is 3. The molecule has 0 aliphatic heterocycles. The Hall–Kier alpha value is 2.02. The zero-order valence-corrected chi connectivity index (χ0v) is 8.61. The zero-order chi connectivity index (χ0) is 2.71. The monoisotopic (exact) mass is 126 g/mol. The molecule has 26 valence electrons. The van der Waals surface area contributed by atoms with Crippen LogP contribution in [0.5, 0.6) is 0 Å². The van der Waals surface area contributed by atoms with E-state index in [9.17, 15) is 0 Å². The van der Waals surface area contributed by atoms with Crippen molar-refractivity contribution in [1.29, 1.82) is 0 Å². The predicted molar refractivity (Wildman–Crippen MR) is 9.54 cm³/mol. The average molecular weight is 126 g/mol. The summed E-state index contributed by atoms with van der Waals surface area (Å²) in [5, 5.41) is 0. The molecule has 0 aromatic heterocycles. The van der Waals surface area contributed by atoms with E-state index in [2.05, 4.69) is 0 Å². The Bertz CT molecular complexity index is 16.3. The van der Waals surface area contributed by atoms with E-state index in [-0.39, 0.29) is 64.6 Å². The molecule has 0 aliphatic rings. The van der Waals surface area contributed by atoms with Gasteiger partial charge < -0.3 is 10.4 Å². The first-order chi connectivity index (χ1) is 1.41. The molecule has 0 rings (SSSR count). The maximum Gasteiger partial charge on any atom is 1.00 e. The van der Waals surface area contributed by atoms with Crippen LogP contribution in [-0.4, -0.2) is 5.48 Å². The van der Waals surface area contributed by atoms with Crippen molar-refractivity contribution >= 4 is 8.69 Å². The quantitative estimate of drug-likeness (QED) is 0.239. The summed E-state index contributed by atoms with van der Waals surface area (Å²) in [7, 11) is -1.08. The van der Waals surface area contributed by atoms with Crippen LogP contribution in [0.4, 0.5) is 0 Å². The van der Waals surface area contributed by atoms with Crippen molar-refractivity contribution < 1.29 is 74.0 Å². The van der Waals surface area contributed by atoms with Gasteiger partial charge in [0, 0.05) is 0 Å². The second-order valence-electron chi connectivity index (χ2n) is 0.0745. The Balaban J connectivity index is -0.00000000667. The molecule has 0 aliphatic carbocycles. The van der Waals surface area contributed by atoms with Gasteiger partial charge in [0.05, 0.1) is 8.69 Å². The maximum absolute atomic E-state index is 8.35. The van der Waals surface area contributed by atoms with Gasteiger partial charge in [-0.1, -0.05) is 0 Å². The Labute approximate surface area is 81.7 Å². The first kappa shape index (κ1) is 24.5. The van der Waals surface area contributed by atoms with Gasteiger partial charge in [-0.25, -0.2) is 0 Å². The fourth-order valence-corrected chi connectivity index (χ4v) is 0. The fraction of sp³-hybridized carbons (Fsp3) is 0. The van der Waals surface area contributed by atoms with Crippen LogP contribution in [0.25, 0.3) is 0 Å². The van der Waals surface area contributed by atoms with Crippen LogP contribution in [-0.2, 0) is 4.57 Å². The van der Waals surface area contributed by atoms with Crippen molar-refractivity contribution in [2.45, 2.75) is 0 Å². The minimum absolute atomic E-state index is 0. The normalized spacial score (nSPS) is 3.50. The summed E-state index contributed by atoms with van der Waals surface area (Å²) in [5.41, 5.74) is 0. The first-order valence-electron chi connectivity index (χ1n) is 0.365. The molecule has 0 amide bonds. The van der Waals surface area contributed by atoms with Crippen LogP contribution < -0.4 is 64.0 Å². The van der Waals surface area contributed by atoms with Crippen LogP contribution in [0.3, 0.4) is 0 Å². The van der Waals surface area contributed by atoms with Crippen molar-refractivity contribution in [2.75, 3.05) is 0 Å². The molecule has 0 bridgehead atoms. The molecule has 0 aromatic carbocycles. The van der Waals surface area contributed by atoms with Crippen LogP contribution in [0.1, 0.15) is 0 Å². The molecule has 1 N–H and O–H groups in total. The minimum Gasteiger partial charge on any atom is -0.870 e. The largest absolute Gasteiger partial charge is 1.00 e. The summed E-state index contributed by atoms with van der Waals surface area (Å²) in [6.07, 6.45) is 0. The van der Waals surface area contributed by atoms with E-state index in [0.29, 0.717) is 0 Å².